The molecule has 1 heterocycles. The van der Waals surface area contributed by atoms with Crippen molar-refractivity contribution in [3.63, 3.8) is 0 Å². The first-order chi connectivity index (χ1) is 8.09. The molecule has 0 spiro atoms. The van der Waals surface area contributed by atoms with Crippen molar-refractivity contribution in [2.75, 3.05) is 6.54 Å². The van der Waals surface area contributed by atoms with E-state index in [2.05, 4.69) is 49.9 Å². The van der Waals surface area contributed by atoms with Crippen LogP contribution in [0.15, 0.2) is 30.3 Å². The second-order valence-electron chi connectivity index (χ2n) is 5.25. The van der Waals surface area contributed by atoms with Crippen molar-refractivity contribution in [3.05, 3.63) is 35.9 Å². The van der Waals surface area contributed by atoms with Crippen LogP contribution in [-0.4, -0.2) is 23.3 Å². The molecule has 2 nitrogen and oxygen atoms in total. The van der Waals surface area contributed by atoms with Gasteiger partial charge in [0, 0.05) is 18.5 Å². The zero-order valence-electron chi connectivity index (χ0n) is 10.9. The first-order valence-electron chi connectivity index (χ1n) is 6.40. The molecule has 1 aliphatic rings. The van der Waals surface area contributed by atoms with E-state index in [1.54, 1.807) is 0 Å². The Morgan fingerprint density at radius 1 is 1.18 bits per heavy atom. The lowest BCUT2D eigenvalue weighted by Crippen LogP contribution is -2.50. The largest absolute Gasteiger partial charge is 0.298 e. The summed E-state index contributed by atoms with van der Waals surface area (Å²) < 4.78 is 0. The van der Waals surface area contributed by atoms with Crippen LogP contribution in [0.2, 0.25) is 0 Å². The Kier molecular flexibility index (Phi) is 3.63. The smallest absolute Gasteiger partial charge is 0.149 e. The Balaban J connectivity index is 2.09. The maximum Gasteiger partial charge on any atom is 0.149 e. The number of ketones is 1. The number of benzene rings is 1. The molecule has 17 heavy (non-hydrogen) atoms. The first-order valence-corrected chi connectivity index (χ1v) is 6.40. The minimum absolute atomic E-state index is 0.206. The van der Waals surface area contributed by atoms with E-state index in [1.807, 2.05) is 6.07 Å². The molecule has 0 N–H and O–H groups in total. The standard InChI is InChI=1S/C15H21NO/c1-11-12(2)15(17)10-16(13(11)3)9-14-7-5-4-6-8-14/h4-8,11-13H,9-10H2,1-3H3/t11-,12-,13+/m0/s1. The minimum atomic E-state index is 0.206. The van der Waals surface area contributed by atoms with Crippen molar-refractivity contribution in [2.24, 2.45) is 11.8 Å². The number of Topliss-reactive ketones (excluding diaryl/α,β-unsaturated/α-hetero) is 1. The van der Waals surface area contributed by atoms with E-state index in [9.17, 15) is 4.79 Å². The van der Waals surface area contributed by atoms with E-state index in [0.717, 1.165) is 6.54 Å². The lowest BCUT2D eigenvalue weighted by Gasteiger charge is -2.40. The predicted octanol–water partition coefficient (Wildman–Crippen LogP) is 2.73. The maximum absolute atomic E-state index is 11.9. The summed E-state index contributed by atoms with van der Waals surface area (Å²) in [5.74, 6) is 1.03. The molecule has 0 aliphatic carbocycles. The minimum Gasteiger partial charge on any atom is -0.298 e. The summed E-state index contributed by atoms with van der Waals surface area (Å²) >= 11 is 0. The zero-order chi connectivity index (χ0) is 12.4. The van der Waals surface area contributed by atoms with E-state index in [4.69, 9.17) is 0 Å². The number of hydrogen-bond donors (Lipinski definition) is 0. The van der Waals surface area contributed by atoms with Crippen LogP contribution in [0.4, 0.5) is 0 Å². The number of hydrogen-bond acceptors (Lipinski definition) is 2. The lowest BCUT2D eigenvalue weighted by molar-refractivity contribution is -0.131. The zero-order valence-corrected chi connectivity index (χ0v) is 10.9. The first kappa shape index (κ1) is 12.3. The van der Waals surface area contributed by atoms with Crippen molar-refractivity contribution in [3.8, 4) is 0 Å². The fraction of sp³-hybridized carbons (Fsp3) is 0.533. The molecule has 0 unspecified atom stereocenters. The Labute approximate surface area is 104 Å². The lowest BCUT2D eigenvalue weighted by atomic mass is 9.82. The molecule has 0 amide bonds. The fourth-order valence-corrected chi connectivity index (χ4v) is 2.55. The predicted molar refractivity (Wildman–Crippen MR) is 69.6 cm³/mol. The van der Waals surface area contributed by atoms with Gasteiger partial charge in [-0.3, -0.25) is 9.69 Å². The summed E-state index contributed by atoms with van der Waals surface area (Å²) in [6, 6.07) is 10.9. The van der Waals surface area contributed by atoms with Crippen LogP contribution in [0.3, 0.4) is 0 Å². The second-order valence-corrected chi connectivity index (χ2v) is 5.25. The maximum atomic E-state index is 11.9. The second kappa shape index (κ2) is 5.01. The molecule has 0 bridgehead atoms. The number of rotatable bonds is 2. The third-order valence-corrected chi connectivity index (χ3v) is 4.22. The summed E-state index contributed by atoms with van der Waals surface area (Å²) in [5, 5.41) is 0. The van der Waals surface area contributed by atoms with Crippen molar-refractivity contribution < 1.29 is 4.79 Å². The Morgan fingerprint density at radius 3 is 2.47 bits per heavy atom. The van der Waals surface area contributed by atoms with Crippen LogP contribution in [0.5, 0.6) is 0 Å². The topological polar surface area (TPSA) is 20.3 Å². The SMILES string of the molecule is C[C@H]1[C@H](C)C(=O)CN(Cc2ccccc2)[C@@H]1C. The van der Waals surface area contributed by atoms with E-state index in [-0.39, 0.29) is 5.92 Å². The summed E-state index contributed by atoms with van der Waals surface area (Å²) in [7, 11) is 0. The Bertz CT molecular complexity index is 387. The number of carbonyl (C=O) groups is 1. The van der Waals surface area contributed by atoms with Crippen molar-refractivity contribution in [1.82, 2.24) is 4.90 Å². The monoisotopic (exact) mass is 231 g/mol. The van der Waals surface area contributed by atoms with E-state index in [0.29, 0.717) is 24.3 Å². The van der Waals surface area contributed by atoms with Crippen LogP contribution < -0.4 is 0 Å². The van der Waals surface area contributed by atoms with Gasteiger partial charge in [-0.25, -0.2) is 0 Å². The van der Waals surface area contributed by atoms with Gasteiger partial charge in [-0.05, 0) is 18.4 Å². The molecule has 1 aliphatic heterocycles. The van der Waals surface area contributed by atoms with Gasteiger partial charge in [0.1, 0.15) is 5.78 Å². The average molecular weight is 231 g/mol. The third kappa shape index (κ3) is 2.58. The highest BCUT2D eigenvalue weighted by atomic mass is 16.1. The molecular weight excluding hydrogens is 210 g/mol. The highest BCUT2D eigenvalue weighted by Gasteiger charge is 2.35. The highest BCUT2D eigenvalue weighted by molar-refractivity contribution is 5.83. The van der Waals surface area contributed by atoms with Gasteiger partial charge in [0.25, 0.3) is 0 Å². The molecule has 92 valence electrons. The van der Waals surface area contributed by atoms with Gasteiger partial charge in [0.05, 0.1) is 6.54 Å². The molecule has 0 saturated carbocycles. The molecule has 0 aromatic heterocycles. The van der Waals surface area contributed by atoms with E-state index < -0.39 is 0 Å². The molecule has 2 heteroatoms. The summed E-state index contributed by atoms with van der Waals surface area (Å²) in [4.78, 5) is 14.2. The van der Waals surface area contributed by atoms with Crippen LogP contribution in [0, 0.1) is 11.8 Å². The number of likely N-dealkylation sites (tertiary alicyclic amines) is 1. The third-order valence-electron chi connectivity index (χ3n) is 4.22. The molecular formula is C15H21NO. The van der Waals surface area contributed by atoms with Crippen molar-refractivity contribution in [1.29, 1.82) is 0 Å². The molecule has 0 radical (unpaired) electrons. The summed E-state index contributed by atoms with van der Waals surface area (Å²) in [6.45, 7) is 7.96. The number of piperidine rings is 1. The van der Waals surface area contributed by atoms with Gasteiger partial charge >= 0.3 is 0 Å². The summed E-state index contributed by atoms with van der Waals surface area (Å²) in [5.41, 5.74) is 1.29. The van der Waals surface area contributed by atoms with Crippen LogP contribution in [0.1, 0.15) is 26.3 Å². The molecule has 3 atom stereocenters. The van der Waals surface area contributed by atoms with Crippen molar-refractivity contribution >= 4 is 5.78 Å². The van der Waals surface area contributed by atoms with Gasteiger partial charge in [0.2, 0.25) is 0 Å². The van der Waals surface area contributed by atoms with Crippen LogP contribution in [0.25, 0.3) is 0 Å². The molecule has 1 fully saturated rings. The van der Waals surface area contributed by atoms with Gasteiger partial charge in [-0.1, -0.05) is 44.2 Å². The highest BCUT2D eigenvalue weighted by Crippen LogP contribution is 2.27. The van der Waals surface area contributed by atoms with E-state index >= 15 is 0 Å². The number of carbonyl (C=O) groups excluding carboxylic acids is 1. The average Bonchev–Trinajstić information content (AvgIpc) is 2.35. The Morgan fingerprint density at radius 2 is 1.82 bits per heavy atom. The number of nitrogens with zero attached hydrogens (tertiary/aromatic N) is 1. The fourth-order valence-electron chi connectivity index (χ4n) is 2.55. The summed E-state index contributed by atoms with van der Waals surface area (Å²) in [6.07, 6.45) is 0. The van der Waals surface area contributed by atoms with Gasteiger partial charge in [-0.2, -0.15) is 0 Å². The van der Waals surface area contributed by atoms with Crippen molar-refractivity contribution in [2.45, 2.75) is 33.4 Å². The molecule has 2 rings (SSSR count). The van der Waals surface area contributed by atoms with E-state index in [1.165, 1.54) is 5.56 Å². The Hall–Kier alpha value is -1.15. The molecule has 1 aromatic rings. The molecule has 1 saturated heterocycles. The normalized spacial score (nSPS) is 30.5. The van der Waals surface area contributed by atoms with Gasteiger partial charge in [0.15, 0.2) is 0 Å². The quantitative estimate of drug-likeness (QED) is 0.780. The van der Waals surface area contributed by atoms with Crippen LogP contribution in [-0.2, 0) is 11.3 Å². The van der Waals surface area contributed by atoms with Gasteiger partial charge in [-0.15, -0.1) is 0 Å². The van der Waals surface area contributed by atoms with Gasteiger partial charge < -0.3 is 0 Å². The molecule has 1 aromatic carbocycles. The van der Waals surface area contributed by atoms with Crippen LogP contribution >= 0.6 is 0 Å².